The molecule has 0 amide bonds. The van der Waals surface area contributed by atoms with Gasteiger partial charge in [-0.15, -0.1) is 0 Å². The fourth-order valence-corrected chi connectivity index (χ4v) is 2.45. The summed E-state index contributed by atoms with van der Waals surface area (Å²) in [5.41, 5.74) is 12.6. The molecule has 0 saturated heterocycles. The zero-order valence-electron chi connectivity index (χ0n) is 11.5. The zero-order chi connectivity index (χ0) is 13.1. The van der Waals surface area contributed by atoms with Crippen molar-refractivity contribution in [3.63, 3.8) is 0 Å². The Morgan fingerprint density at radius 2 is 1.28 bits per heavy atom. The van der Waals surface area contributed by atoms with E-state index in [9.17, 15) is 0 Å². The van der Waals surface area contributed by atoms with Crippen LogP contribution in [0.5, 0.6) is 0 Å². The highest BCUT2D eigenvalue weighted by molar-refractivity contribution is 5.19. The highest BCUT2D eigenvalue weighted by Gasteiger charge is 2.10. The minimum absolute atomic E-state index is 0.704. The average Bonchev–Trinajstić information content (AvgIpc) is 2.42. The maximum atomic E-state index is 5.58. The van der Waals surface area contributed by atoms with Crippen molar-refractivity contribution in [2.75, 3.05) is 13.1 Å². The van der Waals surface area contributed by atoms with Crippen LogP contribution in [0.15, 0.2) is 30.3 Å². The summed E-state index contributed by atoms with van der Waals surface area (Å²) in [5, 5.41) is 0. The Morgan fingerprint density at radius 3 is 1.89 bits per heavy atom. The van der Waals surface area contributed by atoms with E-state index in [0.29, 0.717) is 5.92 Å². The number of rotatable bonds is 10. The molecule has 0 aliphatic heterocycles. The molecule has 2 nitrogen and oxygen atoms in total. The molecule has 0 fully saturated rings. The Hall–Kier alpha value is -0.860. The monoisotopic (exact) mass is 248 g/mol. The van der Waals surface area contributed by atoms with Gasteiger partial charge >= 0.3 is 0 Å². The molecule has 0 aliphatic carbocycles. The van der Waals surface area contributed by atoms with Crippen molar-refractivity contribution in [3.8, 4) is 0 Å². The molecular formula is C16H28N2. The minimum Gasteiger partial charge on any atom is -0.330 e. The van der Waals surface area contributed by atoms with Crippen LogP contribution < -0.4 is 11.5 Å². The highest BCUT2D eigenvalue weighted by Crippen LogP contribution is 2.27. The molecule has 1 aromatic rings. The fraction of sp³-hybridized carbons (Fsp3) is 0.625. The summed E-state index contributed by atoms with van der Waals surface area (Å²) in [5.74, 6) is 0.704. The number of unbranched alkanes of at least 4 members (excludes halogenated alkanes) is 3. The number of benzene rings is 1. The first-order valence-corrected chi connectivity index (χ1v) is 7.33. The lowest BCUT2D eigenvalue weighted by atomic mass is 9.89. The lowest BCUT2D eigenvalue weighted by molar-refractivity contribution is 0.507. The molecule has 0 aliphatic rings. The van der Waals surface area contributed by atoms with Crippen LogP contribution in [0.4, 0.5) is 0 Å². The molecule has 0 saturated carbocycles. The van der Waals surface area contributed by atoms with E-state index in [-0.39, 0.29) is 0 Å². The van der Waals surface area contributed by atoms with Gasteiger partial charge in [-0.05, 0) is 50.3 Å². The van der Waals surface area contributed by atoms with E-state index in [0.717, 1.165) is 25.9 Å². The van der Waals surface area contributed by atoms with Crippen molar-refractivity contribution >= 4 is 0 Å². The molecule has 2 heteroatoms. The van der Waals surface area contributed by atoms with E-state index < -0.39 is 0 Å². The van der Waals surface area contributed by atoms with Gasteiger partial charge in [0.25, 0.3) is 0 Å². The van der Waals surface area contributed by atoms with Gasteiger partial charge in [-0.1, -0.05) is 49.6 Å². The van der Waals surface area contributed by atoms with Crippen LogP contribution in [-0.4, -0.2) is 13.1 Å². The molecule has 0 heterocycles. The first-order chi connectivity index (χ1) is 8.88. The van der Waals surface area contributed by atoms with Gasteiger partial charge in [-0.2, -0.15) is 0 Å². The summed E-state index contributed by atoms with van der Waals surface area (Å²) in [7, 11) is 0. The summed E-state index contributed by atoms with van der Waals surface area (Å²) >= 11 is 0. The van der Waals surface area contributed by atoms with Crippen molar-refractivity contribution in [3.05, 3.63) is 35.9 Å². The second-order valence-corrected chi connectivity index (χ2v) is 5.03. The average molecular weight is 248 g/mol. The minimum atomic E-state index is 0.704. The van der Waals surface area contributed by atoms with Gasteiger partial charge in [0.15, 0.2) is 0 Å². The number of nitrogens with two attached hydrogens (primary N) is 2. The third-order valence-electron chi connectivity index (χ3n) is 3.53. The van der Waals surface area contributed by atoms with Crippen molar-refractivity contribution < 1.29 is 0 Å². The Balaban J connectivity index is 2.42. The van der Waals surface area contributed by atoms with Gasteiger partial charge in [0.05, 0.1) is 0 Å². The summed E-state index contributed by atoms with van der Waals surface area (Å²) in [6.45, 7) is 1.64. The van der Waals surface area contributed by atoms with E-state index in [4.69, 9.17) is 11.5 Å². The molecule has 0 bridgehead atoms. The van der Waals surface area contributed by atoms with Gasteiger partial charge in [0.1, 0.15) is 0 Å². The van der Waals surface area contributed by atoms with Crippen LogP contribution in [0.3, 0.4) is 0 Å². The second-order valence-electron chi connectivity index (χ2n) is 5.03. The lowest BCUT2D eigenvalue weighted by Gasteiger charge is -2.17. The largest absolute Gasteiger partial charge is 0.330 e. The van der Waals surface area contributed by atoms with Gasteiger partial charge in [-0.3, -0.25) is 0 Å². The SMILES string of the molecule is NCCCCCC(CCCCN)c1ccccc1. The molecule has 1 rings (SSSR count). The molecule has 0 radical (unpaired) electrons. The summed E-state index contributed by atoms with van der Waals surface area (Å²) < 4.78 is 0. The maximum Gasteiger partial charge on any atom is -0.00773 e. The van der Waals surface area contributed by atoms with Crippen LogP contribution in [-0.2, 0) is 0 Å². The first-order valence-electron chi connectivity index (χ1n) is 7.33. The van der Waals surface area contributed by atoms with Crippen molar-refractivity contribution in [2.45, 2.75) is 50.9 Å². The van der Waals surface area contributed by atoms with Crippen molar-refractivity contribution in [1.82, 2.24) is 0 Å². The number of hydrogen-bond donors (Lipinski definition) is 2. The van der Waals surface area contributed by atoms with Crippen LogP contribution in [0, 0.1) is 0 Å². The highest BCUT2D eigenvalue weighted by atomic mass is 14.5. The quantitative estimate of drug-likeness (QED) is 0.623. The van der Waals surface area contributed by atoms with Gasteiger partial charge < -0.3 is 11.5 Å². The van der Waals surface area contributed by atoms with E-state index in [1.54, 1.807) is 0 Å². The summed E-state index contributed by atoms with van der Waals surface area (Å²) in [4.78, 5) is 0. The van der Waals surface area contributed by atoms with Crippen LogP contribution in [0.1, 0.15) is 56.4 Å². The zero-order valence-corrected chi connectivity index (χ0v) is 11.5. The summed E-state index contributed by atoms with van der Waals surface area (Å²) in [6.07, 6.45) is 8.65. The molecule has 1 atom stereocenters. The normalized spacial score (nSPS) is 12.6. The number of hydrogen-bond acceptors (Lipinski definition) is 2. The van der Waals surface area contributed by atoms with Crippen LogP contribution >= 0.6 is 0 Å². The molecule has 4 N–H and O–H groups in total. The smallest absolute Gasteiger partial charge is 0.00773 e. The van der Waals surface area contributed by atoms with Crippen molar-refractivity contribution in [2.24, 2.45) is 11.5 Å². The second kappa shape index (κ2) is 10.1. The lowest BCUT2D eigenvalue weighted by Crippen LogP contribution is -2.03. The van der Waals surface area contributed by atoms with E-state index in [2.05, 4.69) is 30.3 Å². The van der Waals surface area contributed by atoms with E-state index in [1.807, 2.05) is 0 Å². The van der Waals surface area contributed by atoms with E-state index in [1.165, 1.54) is 37.7 Å². The molecule has 1 aromatic carbocycles. The summed E-state index contributed by atoms with van der Waals surface area (Å²) in [6, 6.07) is 10.9. The third-order valence-corrected chi connectivity index (χ3v) is 3.53. The molecular weight excluding hydrogens is 220 g/mol. The Morgan fingerprint density at radius 1 is 0.722 bits per heavy atom. The first kappa shape index (κ1) is 15.2. The molecule has 18 heavy (non-hydrogen) atoms. The predicted molar refractivity (Wildman–Crippen MR) is 79.6 cm³/mol. The molecule has 1 unspecified atom stereocenters. The standard InChI is InChI=1S/C16H28N2/c17-13-7-2-5-11-16(12-6-8-14-18)15-9-3-1-4-10-15/h1,3-4,9-10,16H,2,5-8,11-14,17-18H2. The predicted octanol–water partition coefficient (Wildman–Crippen LogP) is 3.42. The molecule has 0 aromatic heterocycles. The van der Waals surface area contributed by atoms with E-state index >= 15 is 0 Å². The Kier molecular flexibility index (Phi) is 8.53. The van der Waals surface area contributed by atoms with Gasteiger partial charge in [-0.25, -0.2) is 0 Å². The van der Waals surface area contributed by atoms with Crippen LogP contribution in [0.25, 0.3) is 0 Å². The van der Waals surface area contributed by atoms with Crippen molar-refractivity contribution in [1.29, 1.82) is 0 Å². The third kappa shape index (κ3) is 6.18. The Bertz CT molecular complexity index is 284. The molecule has 102 valence electrons. The fourth-order valence-electron chi connectivity index (χ4n) is 2.45. The van der Waals surface area contributed by atoms with Gasteiger partial charge in [0, 0.05) is 0 Å². The van der Waals surface area contributed by atoms with Gasteiger partial charge in [0.2, 0.25) is 0 Å². The Labute approximate surface area is 112 Å². The molecule has 0 spiro atoms. The van der Waals surface area contributed by atoms with Crippen LogP contribution in [0.2, 0.25) is 0 Å². The maximum absolute atomic E-state index is 5.58. The topological polar surface area (TPSA) is 52.0 Å².